The monoisotopic (exact) mass is 567 g/mol. The molecule has 5 atom stereocenters. The molecule has 3 saturated carbocycles. The van der Waals surface area contributed by atoms with Gasteiger partial charge < -0.3 is 20.3 Å². The zero-order valence-electron chi connectivity index (χ0n) is 24.4. The lowest BCUT2D eigenvalue weighted by atomic mass is 9.81. The number of ether oxygens (including phenoxy) is 1. The van der Waals surface area contributed by atoms with Gasteiger partial charge in [-0.05, 0) is 69.1 Å². The first-order valence-corrected chi connectivity index (χ1v) is 14.4. The number of alkyl halides is 2. The Labute approximate surface area is 234 Å². The van der Waals surface area contributed by atoms with Crippen LogP contribution in [-0.2, 0) is 23.9 Å². The van der Waals surface area contributed by atoms with Crippen LogP contribution in [0.15, 0.2) is 0 Å². The van der Waals surface area contributed by atoms with Crippen molar-refractivity contribution in [3.63, 3.8) is 0 Å². The first-order chi connectivity index (χ1) is 18.4. The van der Waals surface area contributed by atoms with Crippen molar-refractivity contribution in [1.29, 1.82) is 0 Å². The van der Waals surface area contributed by atoms with Gasteiger partial charge in [0.25, 0.3) is 0 Å². The molecular formula is C29H43F2N3O6. The third-order valence-corrected chi connectivity index (χ3v) is 9.18. The number of halogens is 2. The summed E-state index contributed by atoms with van der Waals surface area (Å²) in [5.41, 5.74) is -1.05. The highest BCUT2D eigenvalue weighted by molar-refractivity contribution is 6.38. The zero-order valence-corrected chi connectivity index (χ0v) is 24.4. The Bertz CT molecular complexity index is 1060. The van der Waals surface area contributed by atoms with Crippen molar-refractivity contribution < 1.29 is 37.5 Å². The summed E-state index contributed by atoms with van der Waals surface area (Å²) in [6.07, 6.45) is 0.707. The summed E-state index contributed by atoms with van der Waals surface area (Å²) in [7, 11) is 0. The lowest BCUT2D eigenvalue weighted by molar-refractivity contribution is -0.145. The van der Waals surface area contributed by atoms with Crippen molar-refractivity contribution >= 4 is 29.5 Å². The number of Topliss-reactive ketones (excluding diaryl/α,β-unsaturated/α-hetero) is 2. The standard InChI is InChI=1S/C29H43F2N3O6/c1-15(35)23(36)19(13-16-7-8-16)32-24(37)22-20-18(28(20,5)6)14-34(22)25(38)21(33-26(39)40-27(2,3)4)17-9-11-29(30,31)12-10-17/h16-22H,7-14H2,1-6H3,(H,32,37)(H,33,39)/t18-,19?,20?,21-,22-/m0/s1. The van der Waals surface area contributed by atoms with Gasteiger partial charge in [-0.1, -0.05) is 26.7 Å². The van der Waals surface area contributed by atoms with Gasteiger partial charge in [-0.3, -0.25) is 19.2 Å². The minimum atomic E-state index is -2.82. The van der Waals surface area contributed by atoms with Gasteiger partial charge in [0.1, 0.15) is 17.7 Å². The van der Waals surface area contributed by atoms with E-state index in [1.807, 2.05) is 13.8 Å². The van der Waals surface area contributed by atoms with Gasteiger partial charge in [-0.2, -0.15) is 0 Å². The fourth-order valence-corrected chi connectivity index (χ4v) is 6.62. The molecule has 9 nitrogen and oxygen atoms in total. The average molecular weight is 568 g/mol. The average Bonchev–Trinajstić information content (AvgIpc) is 3.67. The normalized spacial score (nSPS) is 28.6. The second-order valence-electron chi connectivity index (χ2n) is 13.9. The fraction of sp³-hybridized carbons (Fsp3) is 0.828. The molecule has 11 heteroatoms. The molecule has 3 amide bonds. The van der Waals surface area contributed by atoms with Crippen molar-refractivity contribution in [1.82, 2.24) is 15.5 Å². The number of piperidine rings is 1. The second kappa shape index (κ2) is 10.7. The Balaban J connectivity index is 1.57. The van der Waals surface area contributed by atoms with E-state index in [4.69, 9.17) is 4.74 Å². The number of alkyl carbamates (subject to hydrolysis) is 1. The Hall–Kier alpha value is -2.59. The number of likely N-dealkylation sites (tertiary alicyclic amines) is 1. The molecule has 3 aliphatic carbocycles. The number of hydrogen-bond acceptors (Lipinski definition) is 6. The first-order valence-electron chi connectivity index (χ1n) is 14.4. The molecule has 0 aromatic heterocycles. The number of carbonyl (C=O) groups excluding carboxylic acids is 5. The predicted octanol–water partition coefficient (Wildman–Crippen LogP) is 3.63. The Morgan fingerprint density at radius 3 is 2.12 bits per heavy atom. The number of fused-ring (bicyclic) bond motifs is 1. The van der Waals surface area contributed by atoms with Gasteiger partial charge in [-0.25, -0.2) is 13.6 Å². The summed E-state index contributed by atoms with van der Waals surface area (Å²) in [6.45, 7) is 10.5. The molecule has 0 spiro atoms. The molecule has 4 rings (SSSR count). The molecular weight excluding hydrogens is 524 g/mol. The van der Waals surface area contributed by atoms with E-state index in [1.54, 1.807) is 20.8 Å². The quantitative estimate of drug-likeness (QED) is 0.411. The Morgan fingerprint density at radius 2 is 1.60 bits per heavy atom. The topological polar surface area (TPSA) is 122 Å². The van der Waals surface area contributed by atoms with Crippen molar-refractivity contribution in [3.05, 3.63) is 0 Å². The first kappa shape index (κ1) is 30.4. The third-order valence-electron chi connectivity index (χ3n) is 9.18. The zero-order chi connectivity index (χ0) is 29.8. The smallest absolute Gasteiger partial charge is 0.408 e. The maximum absolute atomic E-state index is 14.1. The van der Waals surface area contributed by atoms with Crippen LogP contribution in [0.2, 0.25) is 0 Å². The summed E-state index contributed by atoms with van der Waals surface area (Å²) in [5.74, 6) is -5.53. The van der Waals surface area contributed by atoms with Gasteiger partial charge >= 0.3 is 6.09 Å². The van der Waals surface area contributed by atoms with Gasteiger partial charge in [0.05, 0.1) is 6.04 Å². The van der Waals surface area contributed by atoms with Crippen LogP contribution in [0.4, 0.5) is 13.6 Å². The highest BCUT2D eigenvalue weighted by Crippen LogP contribution is 2.65. The predicted molar refractivity (Wildman–Crippen MR) is 141 cm³/mol. The number of nitrogens with zero attached hydrogens (tertiary/aromatic N) is 1. The van der Waals surface area contributed by atoms with E-state index in [0.29, 0.717) is 6.42 Å². The van der Waals surface area contributed by atoms with E-state index >= 15 is 0 Å². The lowest BCUT2D eigenvalue weighted by Crippen LogP contribution is -2.59. The number of hydrogen-bond donors (Lipinski definition) is 2. The molecule has 0 aromatic rings. The molecule has 4 fully saturated rings. The van der Waals surface area contributed by atoms with Gasteiger partial charge in [0, 0.05) is 26.3 Å². The largest absolute Gasteiger partial charge is 0.444 e. The van der Waals surface area contributed by atoms with Gasteiger partial charge in [-0.15, -0.1) is 0 Å². The molecule has 0 bridgehead atoms. The van der Waals surface area contributed by atoms with Crippen molar-refractivity contribution in [2.75, 3.05) is 6.54 Å². The highest BCUT2D eigenvalue weighted by atomic mass is 19.3. The minimum absolute atomic E-state index is 0.0375. The molecule has 1 aliphatic heterocycles. The van der Waals surface area contributed by atoms with Crippen LogP contribution >= 0.6 is 0 Å². The fourth-order valence-electron chi connectivity index (χ4n) is 6.62. The van der Waals surface area contributed by atoms with Gasteiger partial charge in [0.2, 0.25) is 23.5 Å². The lowest BCUT2D eigenvalue weighted by Gasteiger charge is -2.38. The molecule has 40 heavy (non-hydrogen) atoms. The van der Waals surface area contributed by atoms with E-state index in [-0.39, 0.29) is 42.6 Å². The number of nitrogens with one attached hydrogen (secondary N) is 2. The van der Waals surface area contributed by atoms with Crippen LogP contribution in [-0.4, -0.2) is 70.6 Å². The maximum Gasteiger partial charge on any atom is 0.408 e. The van der Waals surface area contributed by atoms with Gasteiger partial charge in [0.15, 0.2) is 5.78 Å². The van der Waals surface area contributed by atoms with E-state index < -0.39 is 77.9 Å². The third kappa shape index (κ3) is 6.65. The van der Waals surface area contributed by atoms with Crippen LogP contribution < -0.4 is 10.6 Å². The molecule has 1 saturated heterocycles. The Morgan fingerprint density at radius 1 is 1.00 bits per heavy atom. The van der Waals surface area contributed by atoms with E-state index in [9.17, 15) is 32.8 Å². The molecule has 0 aromatic carbocycles. The summed E-state index contributed by atoms with van der Waals surface area (Å²) >= 11 is 0. The van der Waals surface area contributed by atoms with E-state index in [2.05, 4.69) is 10.6 Å². The van der Waals surface area contributed by atoms with Crippen molar-refractivity contribution in [3.8, 4) is 0 Å². The summed E-state index contributed by atoms with van der Waals surface area (Å²) in [6, 6.07) is -2.99. The van der Waals surface area contributed by atoms with Crippen LogP contribution in [0, 0.1) is 29.1 Å². The van der Waals surface area contributed by atoms with Crippen molar-refractivity contribution in [2.45, 2.75) is 116 Å². The number of ketones is 2. The number of amides is 3. The Kier molecular flexibility index (Phi) is 8.10. The van der Waals surface area contributed by atoms with Crippen LogP contribution in [0.3, 0.4) is 0 Å². The van der Waals surface area contributed by atoms with Crippen molar-refractivity contribution in [2.24, 2.45) is 29.1 Å². The molecule has 2 N–H and O–H groups in total. The molecule has 224 valence electrons. The number of rotatable bonds is 9. The minimum Gasteiger partial charge on any atom is -0.444 e. The highest BCUT2D eigenvalue weighted by Gasteiger charge is 2.70. The molecule has 4 aliphatic rings. The summed E-state index contributed by atoms with van der Waals surface area (Å²) in [4.78, 5) is 66.5. The van der Waals surface area contributed by atoms with E-state index in [0.717, 1.165) is 12.8 Å². The maximum atomic E-state index is 14.1. The van der Waals surface area contributed by atoms with Crippen LogP contribution in [0.5, 0.6) is 0 Å². The van der Waals surface area contributed by atoms with Crippen LogP contribution in [0.1, 0.15) is 86.5 Å². The summed E-state index contributed by atoms with van der Waals surface area (Å²) in [5, 5.41) is 5.42. The molecule has 2 unspecified atom stereocenters. The van der Waals surface area contributed by atoms with Crippen LogP contribution in [0.25, 0.3) is 0 Å². The second-order valence-corrected chi connectivity index (χ2v) is 13.9. The molecule has 0 radical (unpaired) electrons. The summed E-state index contributed by atoms with van der Waals surface area (Å²) < 4.78 is 33.3. The van der Waals surface area contributed by atoms with E-state index in [1.165, 1.54) is 11.8 Å². The molecule has 1 heterocycles. The number of carbonyl (C=O) groups is 5. The SMILES string of the molecule is CC(=O)C(=O)C(CC1CC1)NC(=O)[C@@H]1C2[C@H](CN1C(=O)[C@@H](NC(=O)OC(C)(C)C)C1CCC(F)(F)CC1)C2(C)C.